The number of rotatable bonds is 9. The molecule has 0 fully saturated rings. The summed E-state index contributed by atoms with van der Waals surface area (Å²) in [4.78, 5) is 23.8. The van der Waals surface area contributed by atoms with Gasteiger partial charge in [-0.2, -0.15) is 5.10 Å². The highest BCUT2D eigenvalue weighted by molar-refractivity contribution is 7.92. The molecule has 0 aliphatic heterocycles. The third-order valence-electron chi connectivity index (χ3n) is 3.87. The molecule has 1 N–H and O–H groups in total. The lowest BCUT2D eigenvalue weighted by Gasteiger charge is -2.21. The molecule has 0 saturated heterocycles. The van der Waals surface area contributed by atoms with Gasteiger partial charge in [-0.25, -0.2) is 23.0 Å². The Morgan fingerprint density at radius 2 is 1.76 bits per heavy atom. The molecule has 0 aliphatic rings. The number of hydrogen-bond donors (Lipinski definition) is 1. The van der Waals surface area contributed by atoms with Gasteiger partial charge < -0.3 is 9.47 Å². The van der Waals surface area contributed by atoms with Gasteiger partial charge in [0.15, 0.2) is 6.61 Å². The van der Waals surface area contributed by atoms with Crippen molar-refractivity contribution in [3.63, 3.8) is 0 Å². The lowest BCUT2D eigenvalue weighted by atomic mass is 10.2. The molecule has 2 rings (SSSR count). The predicted octanol–water partition coefficient (Wildman–Crippen LogP) is 2.46. The van der Waals surface area contributed by atoms with E-state index in [0.717, 1.165) is 12.3 Å². The molecule has 0 saturated carbocycles. The van der Waals surface area contributed by atoms with Crippen LogP contribution in [0.5, 0.6) is 5.75 Å². The lowest BCUT2D eigenvalue weighted by Crippen LogP contribution is -2.39. The van der Waals surface area contributed by atoms with Crippen LogP contribution >= 0.6 is 0 Å². The number of esters is 1. The van der Waals surface area contributed by atoms with E-state index < -0.39 is 39.9 Å². The van der Waals surface area contributed by atoms with Crippen molar-refractivity contribution in [2.75, 3.05) is 23.7 Å². The second-order valence-electron chi connectivity index (χ2n) is 7.96. The summed E-state index contributed by atoms with van der Waals surface area (Å²) in [5, 5.41) is 3.78. The van der Waals surface area contributed by atoms with Crippen molar-refractivity contribution >= 4 is 33.8 Å². The minimum Gasteiger partial charge on any atom is -0.482 e. The molecule has 0 heterocycles. The van der Waals surface area contributed by atoms with Crippen LogP contribution in [0.25, 0.3) is 0 Å². The van der Waals surface area contributed by atoms with E-state index in [9.17, 15) is 22.4 Å². The van der Waals surface area contributed by atoms with Crippen molar-refractivity contribution in [2.45, 2.75) is 26.4 Å². The number of nitrogens with one attached hydrogen (secondary N) is 1. The monoisotopic (exact) mass is 479 g/mol. The maximum Gasteiger partial charge on any atom is 0.344 e. The van der Waals surface area contributed by atoms with Crippen molar-refractivity contribution in [1.29, 1.82) is 0 Å². The quantitative estimate of drug-likeness (QED) is 0.336. The standard InChI is InChI=1S/C22H26FN3O6S/c1-22(2,3)32-21(28)15-31-17-11-9-16(10-12-17)13-24-25-20(27)14-26(33(4,29)30)19-8-6-5-7-18(19)23/h5-13H,14-15H2,1-4H3,(H,25,27)/b24-13-. The Labute approximate surface area is 192 Å². The number of para-hydroxylation sites is 1. The van der Waals surface area contributed by atoms with Crippen LogP contribution < -0.4 is 14.5 Å². The van der Waals surface area contributed by atoms with E-state index in [1.165, 1.54) is 24.4 Å². The first-order valence-electron chi connectivity index (χ1n) is 9.84. The summed E-state index contributed by atoms with van der Waals surface area (Å²) in [6.45, 7) is 4.40. The number of anilines is 1. The predicted molar refractivity (Wildman–Crippen MR) is 122 cm³/mol. The van der Waals surface area contributed by atoms with Crippen LogP contribution in [0.4, 0.5) is 10.1 Å². The molecular weight excluding hydrogens is 453 g/mol. The maximum absolute atomic E-state index is 14.0. The fourth-order valence-electron chi connectivity index (χ4n) is 2.54. The number of halogens is 1. The van der Waals surface area contributed by atoms with Gasteiger partial charge in [-0.1, -0.05) is 12.1 Å². The highest BCUT2D eigenvalue weighted by Crippen LogP contribution is 2.21. The Hall–Kier alpha value is -3.47. The highest BCUT2D eigenvalue weighted by atomic mass is 32.2. The van der Waals surface area contributed by atoms with Gasteiger partial charge in [0, 0.05) is 0 Å². The van der Waals surface area contributed by atoms with Crippen molar-refractivity contribution in [3.05, 3.63) is 59.9 Å². The smallest absolute Gasteiger partial charge is 0.344 e. The van der Waals surface area contributed by atoms with Gasteiger partial charge in [-0.05, 0) is 62.7 Å². The largest absolute Gasteiger partial charge is 0.482 e. The molecule has 2 aromatic carbocycles. The summed E-state index contributed by atoms with van der Waals surface area (Å²) >= 11 is 0. The van der Waals surface area contributed by atoms with E-state index in [-0.39, 0.29) is 12.3 Å². The van der Waals surface area contributed by atoms with E-state index in [2.05, 4.69) is 10.5 Å². The first-order valence-corrected chi connectivity index (χ1v) is 11.7. The first-order chi connectivity index (χ1) is 15.3. The van der Waals surface area contributed by atoms with Gasteiger partial charge >= 0.3 is 5.97 Å². The summed E-state index contributed by atoms with van der Waals surface area (Å²) < 4.78 is 49.2. The number of carbonyl (C=O) groups is 2. The third kappa shape index (κ3) is 8.89. The Morgan fingerprint density at radius 3 is 2.33 bits per heavy atom. The van der Waals surface area contributed by atoms with E-state index in [0.29, 0.717) is 15.6 Å². The zero-order chi connectivity index (χ0) is 24.6. The van der Waals surface area contributed by atoms with Gasteiger partial charge in [0.05, 0.1) is 18.2 Å². The van der Waals surface area contributed by atoms with Crippen molar-refractivity contribution in [1.82, 2.24) is 5.43 Å². The minimum atomic E-state index is -3.91. The molecule has 0 unspecified atom stereocenters. The fourth-order valence-corrected chi connectivity index (χ4v) is 3.40. The number of hydrogen-bond acceptors (Lipinski definition) is 7. The maximum atomic E-state index is 14.0. The number of sulfonamides is 1. The number of benzene rings is 2. The molecular formula is C22H26FN3O6S. The zero-order valence-electron chi connectivity index (χ0n) is 18.7. The molecule has 11 heteroatoms. The Morgan fingerprint density at radius 1 is 1.12 bits per heavy atom. The van der Waals surface area contributed by atoms with Gasteiger partial charge in [-0.3, -0.25) is 9.10 Å². The number of carbonyl (C=O) groups excluding carboxylic acids is 2. The minimum absolute atomic E-state index is 0.235. The average molecular weight is 480 g/mol. The van der Waals surface area contributed by atoms with E-state index in [4.69, 9.17) is 9.47 Å². The molecule has 0 bridgehead atoms. The molecule has 2 aromatic rings. The van der Waals surface area contributed by atoms with E-state index in [1.807, 2.05) is 0 Å². The fraction of sp³-hybridized carbons (Fsp3) is 0.318. The molecule has 33 heavy (non-hydrogen) atoms. The van der Waals surface area contributed by atoms with Crippen LogP contribution in [0.2, 0.25) is 0 Å². The van der Waals surface area contributed by atoms with Crippen LogP contribution in [0.1, 0.15) is 26.3 Å². The first kappa shape index (κ1) is 25.8. The number of nitrogens with zero attached hydrogens (tertiary/aromatic N) is 2. The summed E-state index contributed by atoms with van der Waals surface area (Å²) in [5.74, 6) is -1.57. The second-order valence-corrected chi connectivity index (χ2v) is 9.87. The molecule has 0 aliphatic carbocycles. The number of ether oxygens (including phenoxy) is 2. The molecule has 0 radical (unpaired) electrons. The lowest BCUT2D eigenvalue weighted by molar-refractivity contribution is -0.157. The Kier molecular flexibility index (Phi) is 8.52. The molecule has 9 nitrogen and oxygen atoms in total. The van der Waals surface area contributed by atoms with Crippen molar-refractivity contribution in [2.24, 2.45) is 5.10 Å². The van der Waals surface area contributed by atoms with Gasteiger partial charge in [-0.15, -0.1) is 0 Å². The summed E-state index contributed by atoms with van der Waals surface area (Å²) in [6, 6.07) is 11.7. The van der Waals surface area contributed by atoms with Gasteiger partial charge in [0.2, 0.25) is 10.0 Å². The summed E-state index contributed by atoms with van der Waals surface area (Å²) in [5.41, 5.74) is 1.98. The van der Waals surface area contributed by atoms with Crippen LogP contribution in [0.15, 0.2) is 53.6 Å². The van der Waals surface area contributed by atoms with Crippen LogP contribution in [-0.4, -0.2) is 51.5 Å². The average Bonchev–Trinajstić information content (AvgIpc) is 2.70. The van der Waals surface area contributed by atoms with Crippen molar-refractivity contribution < 1.29 is 31.9 Å². The second kappa shape index (κ2) is 10.9. The van der Waals surface area contributed by atoms with Crippen LogP contribution in [0, 0.1) is 5.82 Å². The summed E-state index contributed by atoms with van der Waals surface area (Å²) in [7, 11) is -3.91. The summed E-state index contributed by atoms with van der Waals surface area (Å²) in [6.07, 6.45) is 2.21. The van der Waals surface area contributed by atoms with Crippen molar-refractivity contribution in [3.8, 4) is 5.75 Å². The number of hydrazone groups is 1. The Bertz CT molecular complexity index is 1110. The number of amides is 1. The topological polar surface area (TPSA) is 114 Å². The molecule has 0 aromatic heterocycles. The SMILES string of the molecule is CC(C)(C)OC(=O)COc1ccc(/C=N\NC(=O)CN(c2ccccc2F)S(C)(=O)=O)cc1. The third-order valence-corrected chi connectivity index (χ3v) is 4.99. The van der Waals surface area contributed by atoms with E-state index in [1.54, 1.807) is 45.0 Å². The molecule has 178 valence electrons. The Balaban J connectivity index is 1.91. The highest BCUT2D eigenvalue weighted by Gasteiger charge is 2.23. The van der Waals surface area contributed by atoms with Crippen LogP contribution in [0.3, 0.4) is 0 Å². The van der Waals surface area contributed by atoms with Gasteiger partial charge in [0.25, 0.3) is 5.91 Å². The molecule has 1 amide bonds. The zero-order valence-corrected chi connectivity index (χ0v) is 19.6. The molecule has 0 spiro atoms. The normalized spacial score (nSPS) is 11.8. The van der Waals surface area contributed by atoms with Crippen LogP contribution in [-0.2, 0) is 24.3 Å². The van der Waals surface area contributed by atoms with Gasteiger partial charge in [0.1, 0.15) is 23.7 Å². The van der Waals surface area contributed by atoms with E-state index >= 15 is 0 Å². The molecule has 0 atom stereocenters.